The second kappa shape index (κ2) is 8.57. The predicted molar refractivity (Wildman–Crippen MR) is 95.3 cm³/mol. The molecule has 156 valence electrons. The summed E-state index contributed by atoms with van der Waals surface area (Å²) in [7, 11) is 0. The number of aliphatic hydroxyl groups is 1. The van der Waals surface area contributed by atoms with Gasteiger partial charge in [-0.25, -0.2) is 19.3 Å². The number of aliphatic hydroxyl groups excluding tert-OH is 1. The maximum atomic E-state index is 14.8. The molecule has 29 heavy (non-hydrogen) atoms. The van der Waals surface area contributed by atoms with Crippen LogP contribution in [0.4, 0.5) is 10.2 Å². The zero-order chi connectivity index (χ0) is 21.1. The van der Waals surface area contributed by atoms with Gasteiger partial charge in [-0.15, -0.1) is 0 Å². The number of ether oxygens (including phenoxy) is 2. The minimum atomic E-state index is -1.81. The number of alkyl halides is 1. The van der Waals surface area contributed by atoms with E-state index in [9.17, 15) is 23.9 Å². The fourth-order valence-corrected chi connectivity index (χ4v) is 2.98. The standard InChI is InChI=1S/C17H20FN5O6/c1-8(25)3-4-11(27)29-14-12(18)10(5-24)28-17(14)23-7-21-13-15(22-9(2)26)19-6-20-16(13)23/h6-7,10,12,14,17,24H,3-5H2,1-2H3,(H,19,20,22,26)/t10-,12+,14?,17-/m1/s1. The van der Waals surface area contributed by atoms with Gasteiger partial charge in [0.15, 0.2) is 35.5 Å². The van der Waals surface area contributed by atoms with E-state index < -0.39 is 37.2 Å². The number of imidazole rings is 1. The van der Waals surface area contributed by atoms with E-state index in [1.807, 2.05) is 0 Å². The molecule has 1 aliphatic heterocycles. The number of aromatic nitrogens is 4. The van der Waals surface area contributed by atoms with Crippen LogP contribution in [0.25, 0.3) is 11.2 Å². The lowest BCUT2D eigenvalue weighted by Crippen LogP contribution is -2.34. The van der Waals surface area contributed by atoms with Gasteiger partial charge in [-0.3, -0.25) is 14.2 Å². The molecule has 1 unspecified atom stereocenters. The number of Topliss-reactive ketones (excluding diaryl/α,β-unsaturated/α-hetero) is 1. The second-order valence-electron chi connectivity index (χ2n) is 6.58. The zero-order valence-corrected chi connectivity index (χ0v) is 15.7. The third-order valence-electron chi connectivity index (χ3n) is 4.32. The molecule has 0 radical (unpaired) electrons. The van der Waals surface area contributed by atoms with Crippen molar-refractivity contribution in [2.24, 2.45) is 0 Å². The molecule has 2 N–H and O–H groups in total. The average Bonchev–Trinajstić information content (AvgIpc) is 3.22. The number of carbonyl (C=O) groups excluding carboxylic acids is 3. The first-order valence-electron chi connectivity index (χ1n) is 8.86. The number of fused-ring (bicyclic) bond motifs is 1. The van der Waals surface area contributed by atoms with Crippen LogP contribution >= 0.6 is 0 Å². The number of esters is 1. The van der Waals surface area contributed by atoms with Crippen molar-refractivity contribution in [2.75, 3.05) is 11.9 Å². The molecule has 0 aliphatic carbocycles. The molecule has 1 saturated heterocycles. The molecule has 11 nitrogen and oxygen atoms in total. The summed E-state index contributed by atoms with van der Waals surface area (Å²) >= 11 is 0. The van der Waals surface area contributed by atoms with E-state index in [4.69, 9.17) is 9.47 Å². The monoisotopic (exact) mass is 409 g/mol. The normalized spacial score (nSPS) is 23.9. The van der Waals surface area contributed by atoms with Gasteiger partial charge in [-0.2, -0.15) is 0 Å². The highest BCUT2D eigenvalue weighted by atomic mass is 19.1. The van der Waals surface area contributed by atoms with Crippen molar-refractivity contribution in [2.45, 2.75) is 51.3 Å². The van der Waals surface area contributed by atoms with Gasteiger partial charge < -0.3 is 24.7 Å². The highest BCUT2D eigenvalue weighted by molar-refractivity contribution is 5.95. The van der Waals surface area contributed by atoms with Crippen LogP contribution in [0.1, 0.15) is 32.9 Å². The number of halogens is 1. The van der Waals surface area contributed by atoms with E-state index in [2.05, 4.69) is 20.3 Å². The van der Waals surface area contributed by atoms with E-state index in [0.29, 0.717) is 0 Å². The minimum absolute atomic E-state index is 0.0290. The summed E-state index contributed by atoms with van der Waals surface area (Å²) in [4.78, 5) is 46.6. The molecule has 1 fully saturated rings. The molecule has 1 aliphatic rings. The van der Waals surface area contributed by atoms with Crippen LogP contribution in [-0.2, 0) is 23.9 Å². The number of anilines is 1. The first kappa shape index (κ1) is 20.7. The Morgan fingerprint density at radius 3 is 2.69 bits per heavy atom. The van der Waals surface area contributed by atoms with Crippen molar-refractivity contribution in [1.29, 1.82) is 0 Å². The average molecular weight is 409 g/mol. The molecular weight excluding hydrogens is 389 g/mol. The zero-order valence-electron chi connectivity index (χ0n) is 15.7. The summed E-state index contributed by atoms with van der Waals surface area (Å²) in [5, 5.41) is 11.9. The summed E-state index contributed by atoms with van der Waals surface area (Å²) in [6.45, 7) is 2.01. The Bertz CT molecular complexity index is 934. The van der Waals surface area contributed by atoms with Crippen molar-refractivity contribution in [3.63, 3.8) is 0 Å². The van der Waals surface area contributed by atoms with Gasteiger partial charge in [0.05, 0.1) is 19.4 Å². The van der Waals surface area contributed by atoms with Crippen LogP contribution in [0.5, 0.6) is 0 Å². The van der Waals surface area contributed by atoms with Crippen molar-refractivity contribution in [3.8, 4) is 0 Å². The van der Waals surface area contributed by atoms with E-state index >= 15 is 0 Å². The van der Waals surface area contributed by atoms with Gasteiger partial charge in [0.1, 0.15) is 18.2 Å². The summed E-state index contributed by atoms with van der Waals surface area (Å²) < 4.78 is 26.9. The summed E-state index contributed by atoms with van der Waals surface area (Å²) in [6, 6.07) is 0. The third-order valence-corrected chi connectivity index (χ3v) is 4.32. The lowest BCUT2D eigenvalue weighted by Gasteiger charge is -2.21. The first-order chi connectivity index (χ1) is 13.8. The van der Waals surface area contributed by atoms with Gasteiger partial charge in [-0.05, 0) is 6.92 Å². The number of carbonyl (C=O) groups is 3. The van der Waals surface area contributed by atoms with Crippen molar-refractivity contribution in [1.82, 2.24) is 19.5 Å². The highest BCUT2D eigenvalue weighted by Crippen LogP contribution is 2.36. The van der Waals surface area contributed by atoms with E-state index in [0.717, 1.165) is 0 Å². The molecule has 0 aromatic carbocycles. The topological polar surface area (TPSA) is 146 Å². The predicted octanol–water partition coefficient (Wildman–Crippen LogP) is 0.293. The SMILES string of the molecule is CC(=O)CCC(=O)OC1[C@@H](F)[C@@H](CO)O[C@H]1n1cnc2c(NC(C)=O)ncnc21. The van der Waals surface area contributed by atoms with Crippen LogP contribution in [-0.4, -0.2) is 67.3 Å². The fraction of sp³-hybridized carbons (Fsp3) is 0.529. The van der Waals surface area contributed by atoms with E-state index in [1.165, 1.54) is 31.1 Å². The Morgan fingerprint density at radius 2 is 2.03 bits per heavy atom. The maximum absolute atomic E-state index is 14.8. The van der Waals surface area contributed by atoms with Crippen molar-refractivity contribution >= 4 is 34.6 Å². The molecule has 2 aromatic heterocycles. The number of nitrogens with zero attached hydrogens (tertiary/aromatic N) is 4. The number of rotatable bonds is 7. The molecule has 1 amide bonds. The number of nitrogens with one attached hydrogen (secondary N) is 1. The van der Waals surface area contributed by atoms with Gasteiger partial charge >= 0.3 is 5.97 Å². The Morgan fingerprint density at radius 1 is 1.28 bits per heavy atom. The van der Waals surface area contributed by atoms with Crippen LogP contribution < -0.4 is 5.32 Å². The number of amides is 1. The summed E-state index contributed by atoms with van der Waals surface area (Å²) in [6.07, 6.45) is -3.33. The largest absolute Gasteiger partial charge is 0.454 e. The van der Waals surface area contributed by atoms with Crippen LogP contribution in [0.15, 0.2) is 12.7 Å². The molecule has 2 aromatic rings. The molecule has 0 bridgehead atoms. The molecule has 3 heterocycles. The first-order valence-corrected chi connectivity index (χ1v) is 8.86. The molecule has 0 saturated carbocycles. The number of hydrogen-bond donors (Lipinski definition) is 2. The summed E-state index contributed by atoms with van der Waals surface area (Å²) in [5.41, 5.74) is 0.445. The Balaban J connectivity index is 1.91. The highest BCUT2D eigenvalue weighted by Gasteiger charge is 2.49. The van der Waals surface area contributed by atoms with E-state index in [1.54, 1.807) is 0 Å². The molecule has 3 rings (SSSR count). The quantitative estimate of drug-likeness (QED) is 0.616. The van der Waals surface area contributed by atoms with Gasteiger partial charge in [0.25, 0.3) is 0 Å². The van der Waals surface area contributed by atoms with Gasteiger partial charge in [0, 0.05) is 13.3 Å². The Labute approximate surface area is 164 Å². The van der Waals surface area contributed by atoms with E-state index in [-0.39, 0.29) is 41.5 Å². The Kier molecular flexibility index (Phi) is 6.13. The number of hydrogen-bond acceptors (Lipinski definition) is 9. The number of ketones is 1. The molecule has 0 spiro atoms. The lowest BCUT2D eigenvalue weighted by atomic mass is 10.1. The molecule has 4 atom stereocenters. The van der Waals surface area contributed by atoms with Gasteiger partial charge in [0.2, 0.25) is 5.91 Å². The van der Waals surface area contributed by atoms with Crippen LogP contribution in [0.3, 0.4) is 0 Å². The minimum Gasteiger partial charge on any atom is -0.454 e. The van der Waals surface area contributed by atoms with Crippen LogP contribution in [0.2, 0.25) is 0 Å². The van der Waals surface area contributed by atoms with Gasteiger partial charge in [-0.1, -0.05) is 0 Å². The summed E-state index contributed by atoms with van der Waals surface area (Å²) in [5.74, 6) is -1.17. The second-order valence-corrected chi connectivity index (χ2v) is 6.58. The van der Waals surface area contributed by atoms with Crippen molar-refractivity contribution < 1.29 is 33.4 Å². The molecular formula is C17H20FN5O6. The van der Waals surface area contributed by atoms with Crippen LogP contribution in [0, 0.1) is 0 Å². The molecule has 12 heteroatoms. The fourth-order valence-electron chi connectivity index (χ4n) is 2.98. The Hall–Kier alpha value is -2.99. The lowest BCUT2D eigenvalue weighted by molar-refractivity contribution is -0.157. The smallest absolute Gasteiger partial charge is 0.306 e. The van der Waals surface area contributed by atoms with Crippen molar-refractivity contribution in [3.05, 3.63) is 12.7 Å². The third kappa shape index (κ3) is 4.38. The maximum Gasteiger partial charge on any atom is 0.306 e.